The lowest BCUT2D eigenvalue weighted by Gasteiger charge is -2.27. The summed E-state index contributed by atoms with van der Waals surface area (Å²) in [4.78, 5) is 8.35. The summed E-state index contributed by atoms with van der Waals surface area (Å²) in [5.41, 5.74) is 5.48. The SMILES string of the molecule is CCSCC1CSC(CSCN)CS1.N=C=O. The van der Waals surface area contributed by atoms with E-state index in [1.165, 1.54) is 28.8 Å². The van der Waals surface area contributed by atoms with Gasteiger partial charge in [0.1, 0.15) is 0 Å². The summed E-state index contributed by atoms with van der Waals surface area (Å²) in [6.45, 7) is 2.24. The number of thioether (sulfide) groups is 4. The van der Waals surface area contributed by atoms with Crippen LogP contribution in [0.1, 0.15) is 6.92 Å². The first kappa shape index (κ1) is 17.7. The fourth-order valence-corrected chi connectivity index (χ4v) is 6.45. The molecular formula is C10H20N2OS4. The maximum atomic E-state index is 8.35. The van der Waals surface area contributed by atoms with E-state index < -0.39 is 0 Å². The van der Waals surface area contributed by atoms with Gasteiger partial charge in [-0.25, -0.2) is 10.2 Å². The van der Waals surface area contributed by atoms with Crippen molar-refractivity contribution < 1.29 is 4.79 Å². The molecule has 0 spiro atoms. The second-order valence-corrected chi connectivity index (χ2v) is 8.27. The number of nitrogens with one attached hydrogen (secondary N) is 1. The Kier molecular flexibility index (Phi) is 13.8. The molecule has 3 nitrogen and oxygen atoms in total. The summed E-state index contributed by atoms with van der Waals surface area (Å²) in [6.07, 6.45) is 0.750. The van der Waals surface area contributed by atoms with E-state index in [-0.39, 0.29) is 0 Å². The highest BCUT2D eigenvalue weighted by molar-refractivity contribution is 8.09. The Hall–Kier alpha value is 0.740. The molecule has 1 fully saturated rings. The Balaban J connectivity index is 0.000000770. The van der Waals surface area contributed by atoms with Gasteiger partial charge in [0, 0.05) is 39.4 Å². The quantitative estimate of drug-likeness (QED) is 0.446. The fourth-order valence-electron chi connectivity index (χ4n) is 1.22. The number of isocyanates is 1. The van der Waals surface area contributed by atoms with E-state index in [1.807, 2.05) is 11.8 Å². The normalized spacial score (nSPS) is 23.4. The van der Waals surface area contributed by atoms with Crippen molar-refractivity contribution >= 4 is 53.1 Å². The maximum absolute atomic E-state index is 8.35. The van der Waals surface area contributed by atoms with Crippen molar-refractivity contribution in [1.82, 2.24) is 0 Å². The summed E-state index contributed by atoms with van der Waals surface area (Å²) in [5.74, 6) is 7.28. The minimum atomic E-state index is 0.750. The summed E-state index contributed by atoms with van der Waals surface area (Å²) in [6, 6.07) is 0. The van der Waals surface area contributed by atoms with Crippen LogP contribution in [0.2, 0.25) is 0 Å². The summed E-state index contributed by atoms with van der Waals surface area (Å²) < 4.78 is 0. The molecule has 1 aliphatic heterocycles. The molecule has 1 saturated heterocycles. The number of nitrogens with two attached hydrogens (primary N) is 1. The van der Waals surface area contributed by atoms with Crippen molar-refractivity contribution in [3.8, 4) is 0 Å². The molecular weight excluding hydrogens is 292 g/mol. The number of hydrogen-bond acceptors (Lipinski definition) is 7. The molecule has 0 bridgehead atoms. The molecule has 0 amide bonds. The maximum Gasteiger partial charge on any atom is 0.231 e. The number of rotatable bonds is 6. The molecule has 0 aromatic carbocycles. The van der Waals surface area contributed by atoms with Gasteiger partial charge in [-0.05, 0) is 5.75 Å². The highest BCUT2D eigenvalue weighted by atomic mass is 32.2. The number of carbonyl (C=O) groups excluding carboxylic acids is 1. The third-order valence-electron chi connectivity index (χ3n) is 1.97. The Labute approximate surface area is 121 Å². The lowest BCUT2D eigenvalue weighted by Crippen LogP contribution is -2.25. The van der Waals surface area contributed by atoms with Crippen LogP contribution in [0.15, 0.2) is 0 Å². The van der Waals surface area contributed by atoms with Crippen LogP contribution in [0.4, 0.5) is 0 Å². The van der Waals surface area contributed by atoms with Crippen LogP contribution in [0.3, 0.4) is 0 Å². The van der Waals surface area contributed by atoms with Gasteiger partial charge in [-0.2, -0.15) is 35.3 Å². The van der Waals surface area contributed by atoms with E-state index in [9.17, 15) is 0 Å². The fraction of sp³-hybridized carbons (Fsp3) is 0.900. The molecule has 0 aliphatic carbocycles. The van der Waals surface area contributed by atoms with E-state index in [4.69, 9.17) is 15.9 Å². The van der Waals surface area contributed by atoms with Gasteiger partial charge >= 0.3 is 0 Å². The van der Waals surface area contributed by atoms with Crippen molar-refractivity contribution in [2.24, 2.45) is 5.73 Å². The minimum absolute atomic E-state index is 0.750. The lowest BCUT2D eigenvalue weighted by atomic mass is 10.5. The highest BCUT2D eigenvalue weighted by Gasteiger charge is 2.21. The van der Waals surface area contributed by atoms with Crippen molar-refractivity contribution in [1.29, 1.82) is 5.41 Å². The highest BCUT2D eigenvalue weighted by Crippen LogP contribution is 2.32. The van der Waals surface area contributed by atoms with Crippen molar-refractivity contribution in [3.63, 3.8) is 0 Å². The molecule has 7 heteroatoms. The molecule has 1 heterocycles. The molecule has 0 aromatic rings. The Morgan fingerprint density at radius 3 is 2.12 bits per heavy atom. The van der Waals surface area contributed by atoms with Gasteiger partial charge in [0.25, 0.3) is 0 Å². The van der Waals surface area contributed by atoms with Crippen LogP contribution >= 0.6 is 47.0 Å². The Bertz CT molecular complexity index is 188. The van der Waals surface area contributed by atoms with Gasteiger partial charge in [-0.1, -0.05) is 6.92 Å². The Morgan fingerprint density at radius 2 is 1.76 bits per heavy atom. The van der Waals surface area contributed by atoms with Gasteiger partial charge in [0.05, 0.1) is 0 Å². The van der Waals surface area contributed by atoms with E-state index in [0.717, 1.165) is 22.5 Å². The van der Waals surface area contributed by atoms with E-state index >= 15 is 0 Å². The molecule has 1 aliphatic rings. The van der Waals surface area contributed by atoms with Gasteiger partial charge in [-0.3, -0.25) is 0 Å². The third-order valence-corrected chi connectivity index (χ3v) is 7.53. The first-order valence-electron chi connectivity index (χ1n) is 5.41. The van der Waals surface area contributed by atoms with Crippen LogP contribution in [0.25, 0.3) is 0 Å². The molecule has 100 valence electrons. The van der Waals surface area contributed by atoms with E-state index in [2.05, 4.69) is 42.2 Å². The predicted octanol–water partition coefficient (Wildman–Crippen LogP) is 2.51. The van der Waals surface area contributed by atoms with Crippen molar-refractivity contribution in [2.75, 3.05) is 34.6 Å². The molecule has 1 rings (SSSR count). The standard InChI is InChI=1S/C9H19NS4.CHNO/c1-2-11-3-8-5-14-9(6-13-8)4-12-7-10;2-1-3/h8-9H,2-7,10H2,1H3;2H. The molecule has 0 saturated carbocycles. The van der Waals surface area contributed by atoms with Gasteiger partial charge in [-0.15, -0.1) is 11.8 Å². The largest absolute Gasteiger partial charge is 0.322 e. The van der Waals surface area contributed by atoms with Crippen LogP contribution in [0, 0.1) is 5.41 Å². The second kappa shape index (κ2) is 13.2. The van der Waals surface area contributed by atoms with Gasteiger partial charge < -0.3 is 5.73 Å². The van der Waals surface area contributed by atoms with E-state index in [1.54, 1.807) is 0 Å². The van der Waals surface area contributed by atoms with Crippen molar-refractivity contribution in [3.05, 3.63) is 0 Å². The van der Waals surface area contributed by atoms with Crippen molar-refractivity contribution in [2.45, 2.75) is 17.4 Å². The first-order valence-corrected chi connectivity index (χ1v) is 9.81. The van der Waals surface area contributed by atoms with Gasteiger partial charge in [0.15, 0.2) is 0 Å². The zero-order valence-corrected chi connectivity index (χ0v) is 13.3. The van der Waals surface area contributed by atoms with Crippen LogP contribution in [-0.4, -0.2) is 51.2 Å². The Morgan fingerprint density at radius 1 is 1.29 bits per heavy atom. The molecule has 17 heavy (non-hydrogen) atoms. The van der Waals surface area contributed by atoms with E-state index in [0.29, 0.717) is 0 Å². The number of hydrogen-bond donors (Lipinski definition) is 2. The van der Waals surface area contributed by atoms with Crippen LogP contribution in [0.5, 0.6) is 0 Å². The third kappa shape index (κ3) is 10.4. The van der Waals surface area contributed by atoms with Crippen LogP contribution < -0.4 is 5.73 Å². The zero-order valence-electron chi connectivity index (χ0n) is 10.0. The van der Waals surface area contributed by atoms with Gasteiger partial charge in [0.2, 0.25) is 6.08 Å². The topological polar surface area (TPSA) is 66.9 Å². The zero-order chi connectivity index (χ0) is 12.9. The first-order chi connectivity index (χ1) is 8.28. The molecule has 0 radical (unpaired) electrons. The monoisotopic (exact) mass is 312 g/mol. The second-order valence-electron chi connectivity index (χ2n) is 3.21. The molecule has 2 atom stereocenters. The lowest BCUT2D eigenvalue weighted by molar-refractivity contribution is 0.563. The molecule has 2 unspecified atom stereocenters. The average Bonchev–Trinajstić information content (AvgIpc) is 2.36. The summed E-state index contributed by atoms with van der Waals surface area (Å²) in [7, 11) is 0. The smallest absolute Gasteiger partial charge is 0.231 e. The average molecular weight is 313 g/mol. The minimum Gasteiger partial charge on any atom is -0.322 e. The predicted molar refractivity (Wildman–Crippen MR) is 85.4 cm³/mol. The molecule has 0 aromatic heterocycles. The summed E-state index contributed by atoms with van der Waals surface area (Å²) >= 11 is 8.26. The summed E-state index contributed by atoms with van der Waals surface area (Å²) in [5, 5.41) is 7.14. The molecule has 3 N–H and O–H groups in total. The van der Waals surface area contributed by atoms with Crippen LogP contribution in [-0.2, 0) is 4.79 Å².